The molecule has 1 N–H and O–H groups in total. The molecule has 15 heavy (non-hydrogen) atoms. The van der Waals surface area contributed by atoms with Gasteiger partial charge in [-0.2, -0.15) is 0 Å². The van der Waals surface area contributed by atoms with Crippen molar-refractivity contribution in [3.63, 3.8) is 0 Å². The third-order valence-electron chi connectivity index (χ3n) is 1.98. The molecule has 0 bridgehead atoms. The van der Waals surface area contributed by atoms with Crippen molar-refractivity contribution in [3.05, 3.63) is 42.0 Å². The lowest BCUT2D eigenvalue weighted by atomic mass is 10.1. The molecule has 1 aromatic rings. The number of rotatable bonds is 5. The van der Waals surface area contributed by atoms with Crippen LogP contribution in [0.1, 0.15) is 25.0 Å². The first kappa shape index (κ1) is 12.1. The molecule has 0 atom stereocenters. The Kier molecular flexibility index (Phi) is 5.22. The van der Waals surface area contributed by atoms with Crippen molar-refractivity contribution in [2.24, 2.45) is 0 Å². The zero-order chi connectivity index (χ0) is 11.1. The van der Waals surface area contributed by atoms with E-state index < -0.39 is 0 Å². The Morgan fingerprint density at radius 3 is 2.87 bits per heavy atom. The SMILES string of the molecule is C=Cc1c(/C=C\C)cccc1SNCC. The lowest BCUT2D eigenvalue weighted by Gasteiger charge is -2.08. The zero-order valence-electron chi connectivity index (χ0n) is 9.29. The Morgan fingerprint density at radius 2 is 2.27 bits per heavy atom. The topological polar surface area (TPSA) is 12.0 Å². The number of hydrogen-bond acceptors (Lipinski definition) is 2. The molecule has 0 aliphatic rings. The molecule has 0 heterocycles. The smallest absolute Gasteiger partial charge is 0.0306 e. The molecule has 0 saturated carbocycles. The molecule has 0 aliphatic heterocycles. The van der Waals surface area contributed by atoms with E-state index in [1.807, 2.05) is 19.1 Å². The minimum absolute atomic E-state index is 0.953. The number of hydrogen-bond donors (Lipinski definition) is 1. The van der Waals surface area contributed by atoms with E-state index in [0.29, 0.717) is 0 Å². The summed E-state index contributed by atoms with van der Waals surface area (Å²) in [5, 5.41) is 0. The Hall–Kier alpha value is -0.990. The highest BCUT2D eigenvalue weighted by atomic mass is 32.2. The molecular weight excluding hydrogens is 202 g/mol. The van der Waals surface area contributed by atoms with E-state index in [2.05, 4.69) is 42.5 Å². The second-order valence-electron chi connectivity index (χ2n) is 3.06. The average Bonchev–Trinajstić information content (AvgIpc) is 2.27. The Morgan fingerprint density at radius 1 is 1.47 bits per heavy atom. The number of nitrogens with one attached hydrogen (secondary N) is 1. The summed E-state index contributed by atoms with van der Waals surface area (Å²) in [7, 11) is 0. The maximum Gasteiger partial charge on any atom is 0.0306 e. The number of benzene rings is 1. The Labute approximate surface area is 96.4 Å². The van der Waals surface area contributed by atoms with Crippen molar-refractivity contribution in [1.29, 1.82) is 0 Å². The highest BCUT2D eigenvalue weighted by molar-refractivity contribution is 7.97. The maximum absolute atomic E-state index is 3.87. The third-order valence-corrected chi connectivity index (χ3v) is 2.99. The Balaban J connectivity index is 3.04. The van der Waals surface area contributed by atoms with Gasteiger partial charge in [0.2, 0.25) is 0 Å². The highest BCUT2D eigenvalue weighted by Crippen LogP contribution is 2.25. The molecule has 0 aromatic heterocycles. The quantitative estimate of drug-likeness (QED) is 0.752. The summed E-state index contributed by atoms with van der Waals surface area (Å²) >= 11 is 1.66. The normalized spacial score (nSPS) is 10.8. The minimum atomic E-state index is 0.953. The van der Waals surface area contributed by atoms with E-state index in [4.69, 9.17) is 0 Å². The van der Waals surface area contributed by atoms with Crippen LogP contribution in [0.3, 0.4) is 0 Å². The zero-order valence-corrected chi connectivity index (χ0v) is 10.1. The molecule has 1 rings (SSSR count). The fourth-order valence-corrected chi connectivity index (χ4v) is 2.10. The van der Waals surface area contributed by atoms with Crippen molar-refractivity contribution in [3.8, 4) is 0 Å². The minimum Gasteiger partial charge on any atom is -0.260 e. The van der Waals surface area contributed by atoms with Gasteiger partial charge in [-0.1, -0.05) is 43.9 Å². The van der Waals surface area contributed by atoms with Crippen LogP contribution in [0, 0.1) is 0 Å². The average molecular weight is 219 g/mol. The van der Waals surface area contributed by atoms with Gasteiger partial charge >= 0.3 is 0 Å². The van der Waals surface area contributed by atoms with Crippen LogP contribution >= 0.6 is 11.9 Å². The third kappa shape index (κ3) is 3.26. The van der Waals surface area contributed by atoms with Gasteiger partial charge in [-0.3, -0.25) is 4.72 Å². The van der Waals surface area contributed by atoms with Crippen LogP contribution in [0.5, 0.6) is 0 Å². The molecule has 1 nitrogen and oxygen atoms in total. The summed E-state index contributed by atoms with van der Waals surface area (Å²) in [5.74, 6) is 0. The van der Waals surface area contributed by atoms with Gasteiger partial charge in [0.15, 0.2) is 0 Å². The van der Waals surface area contributed by atoms with E-state index in [0.717, 1.165) is 6.54 Å². The van der Waals surface area contributed by atoms with Crippen molar-refractivity contribution < 1.29 is 0 Å². The molecule has 80 valence electrons. The van der Waals surface area contributed by atoms with Crippen LogP contribution in [-0.2, 0) is 0 Å². The predicted octanol–water partition coefficient (Wildman–Crippen LogP) is 3.98. The van der Waals surface area contributed by atoms with Crippen LogP contribution in [0.15, 0.2) is 35.7 Å². The van der Waals surface area contributed by atoms with Crippen molar-refractivity contribution >= 4 is 24.1 Å². The van der Waals surface area contributed by atoms with Crippen molar-refractivity contribution in [1.82, 2.24) is 4.72 Å². The summed E-state index contributed by atoms with van der Waals surface area (Å²) in [4.78, 5) is 1.22. The van der Waals surface area contributed by atoms with Gasteiger partial charge in [0.1, 0.15) is 0 Å². The predicted molar refractivity (Wildman–Crippen MR) is 70.8 cm³/mol. The molecule has 1 aromatic carbocycles. The first-order valence-electron chi connectivity index (χ1n) is 5.11. The maximum atomic E-state index is 3.87. The largest absolute Gasteiger partial charge is 0.260 e. The monoisotopic (exact) mass is 219 g/mol. The molecule has 2 heteroatoms. The summed E-state index contributed by atoms with van der Waals surface area (Å²) in [6, 6.07) is 6.28. The Bertz CT molecular complexity index is 356. The second kappa shape index (κ2) is 6.49. The molecular formula is C13H17NS. The molecule has 0 aliphatic carbocycles. The second-order valence-corrected chi connectivity index (χ2v) is 4.00. The van der Waals surface area contributed by atoms with Gasteiger partial charge in [0.25, 0.3) is 0 Å². The van der Waals surface area contributed by atoms with Crippen molar-refractivity contribution in [2.75, 3.05) is 6.54 Å². The van der Waals surface area contributed by atoms with Gasteiger partial charge in [-0.05, 0) is 36.1 Å². The summed E-state index contributed by atoms with van der Waals surface area (Å²) < 4.78 is 3.25. The van der Waals surface area contributed by atoms with Gasteiger partial charge in [0.05, 0.1) is 0 Å². The molecule has 0 spiro atoms. The standard InChI is InChI=1S/C13H17NS/c1-4-8-11-9-7-10-13(12(11)5-2)15-14-6-3/h4-5,7-10,14H,2,6H2,1,3H3/b8-4-. The van der Waals surface area contributed by atoms with E-state index in [-0.39, 0.29) is 0 Å². The van der Waals surface area contributed by atoms with Crippen LogP contribution in [-0.4, -0.2) is 6.54 Å². The summed E-state index contributed by atoms with van der Waals surface area (Å²) in [5.41, 5.74) is 2.41. The van der Waals surface area contributed by atoms with Gasteiger partial charge < -0.3 is 0 Å². The lowest BCUT2D eigenvalue weighted by Crippen LogP contribution is -2.01. The molecule has 0 saturated heterocycles. The van der Waals surface area contributed by atoms with Gasteiger partial charge in [-0.25, -0.2) is 0 Å². The molecule has 0 fully saturated rings. The van der Waals surface area contributed by atoms with E-state index in [1.54, 1.807) is 11.9 Å². The summed E-state index contributed by atoms with van der Waals surface area (Å²) in [6.45, 7) is 8.94. The highest BCUT2D eigenvalue weighted by Gasteiger charge is 2.02. The molecule has 0 unspecified atom stereocenters. The summed E-state index contributed by atoms with van der Waals surface area (Å²) in [6.07, 6.45) is 6.06. The fourth-order valence-electron chi connectivity index (χ4n) is 1.34. The fraction of sp³-hybridized carbons (Fsp3) is 0.231. The van der Waals surface area contributed by atoms with Crippen LogP contribution < -0.4 is 4.72 Å². The lowest BCUT2D eigenvalue weighted by molar-refractivity contribution is 1.03. The van der Waals surface area contributed by atoms with Crippen LogP contribution in [0.4, 0.5) is 0 Å². The van der Waals surface area contributed by atoms with E-state index >= 15 is 0 Å². The van der Waals surface area contributed by atoms with Gasteiger partial charge in [0, 0.05) is 11.4 Å². The van der Waals surface area contributed by atoms with Crippen LogP contribution in [0.2, 0.25) is 0 Å². The number of allylic oxidation sites excluding steroid dienone is 1. The van der Waals surface area contributed by atoms with Gasteiger partial charge in [-0.15, -0.1) is 0 Å². The molecule has 0 radical (unpaired) electrons. The van der Waals surface area contributed by atoms with E-state index in [1.165, 1.54) is 16.0 Å². The van der Waals surface area contributed by atoms with Crippen LogP contribution in [0.25, 0.3) is 12.2 Å². The first-order chi connectivity index (χ1) is 7.33. The first-order valence-corrected chi connectivity index (χ1v) is 5.93. The van der Waals surface area contributed by atoms with E-state index in [9.17, 15) is 0 Å². The molecule has 0 amide bonds. The van der Waals surface area contributed by atoms with Crippen molar-refractivity contribution in [2.45, 2.75) is 18.7 Å².